The maximum absolute atomic E-state index is 11.2. The first-order valence-electron chi connectivity index (χ1n) is 7.38. The average Bonchev–Trinajstić information content (AvgIpc) is 2.97. The van der Waals surface area contributed by atoms with Crippen molar-refractivity contribution < 1.29 is 29.0 Å². The molecule has 9 heteroatoms. The number of fused-ring (bicyclic) bond motifs is 1. The van der Waals surface area contributed by atoms with Crippen LogP contribution in [0.25, 0.3) is 11.1 Å². The third-order valence-electron chi connectivity index (χ3n) is 3.61. The Hall–Kier alpha value is -2.26. The Bertz CT molecular complexity index is 756. The van der Waals surface area contributed by atoms with Crippen molar-refractivity contribution in [2.24, 2.45) is 0 Å². The molecule has 0 saturated carbocycles. The summed E-state index contributed by atoms with van der Waals surface area (Å²) >= 11 is 0.805. The first-order valence-corrected chi connectivity index (χ1v) is 8.26. The fourth-order valence-electron chi connectivity index (χ4n) is 2.48. The molecule has 2 aromatic rings. The lowest BCUT2D eigenvalue weighted by atomic mass is 10.2. The van der Waals surface area contributed by atoms with E-state index in [9.17, 15) is 9.59 Å². The molecule has 1 aliphatic rings. The lowest BCUT2D eigenvalue weighted by Gasteiger charge is -2.28. The monoisotopic (exact) mass is 352 g/mol. The molecule has 24 heavy (non-hydrogen) atoms. The van der Waals surface area contributed by atoms with Crippen LogP contribution in [0.1, 0.15) is 6.42 Å². The van der Waals surface area contributed by atoms with Gasteiger partial charge in [0.25, 0.3) is 5.22 Å². The van der Waals surface area contributed by atoms with Crippen LogP contribution in [0.4, 0.5) is 5.69 Å². The predicted molar refractivity (Wildman–Crippen MR) is 86.6 cm³/mol. The number of para-hydroxylation sites is 1. The standard InChI is InChI=1S/C15H16N2O6S/c18-12(19)8-11(14(20)21)24-15-16-13-9(2-1-3-10(13)23-15)17-4-6-22-7-5-17/h1-3,11H,4-8H2,(H,18,19)(H,20,21). The Morgan fingerprint density at radius 3 is 2.71 bits per heavy atom. The molecule has 1 aliphatic heterocycles. The molecule has 1 aromatic carbocycles. The molecule has 1 fully saturated rings. The van der Waals surface area contributed by atoms with E-state index in [1.54, 1.807) is 6.07 Å². The Kier molecular flexibility index (Phi) is 4.91. The molecule has 2 N–H and O–H groups in total. The smallest absolute Gasteiger partial charge is 0.317 e. The molecular weight excluding hydrogens is 336 g/mol. The quantitative estimate of drug-likeness (QED) is 0.750. The predicted octanol–water partition coefficient (Wildman–Crippen LogP) is 1.68. The Balaban J connectivity index is 1.87. The number of carbonyl (C=O) groups is 2. The van der Waals surface area contributed by atoms with E-state index < -0.39 is 23.6 Å². The SMILES string of the molecule is O=C(O)CC(Sc1nc2c(N3CCOCC3)cccc2o1)C(=O)O. The molecule has 1 atom stereocenters. The molecule has 1 aromatic heterocycles. The number of hydrogen-bond donors (Lipinski definition) is 2. The molecule has 3 rings (SSSR count). The van der Waals surface area contributed by atoms with Gasteiger partial charge in [-0.3, -0.25) is 9.59 Å². The summed E-state index contributed by atoms with van der Waals surface area (Å²) in [6.07, 6.45) is -0.505. The van der Waals surface area contributed by atoms with Crippen LogP contribution in [0, 0.1) is 0 Å². The minimum atomic E-state index is -1.21. The van der Waals surface area contributed by atoms with Crippen LogP contribution in [-0.2, 0) is 14.3 Å². The number of morpholine rings is 1. The summed E-state index contributed by atoms with van der Waals surface area (Å²) in [7, 11) is 0. The number of ether oxygens (including phenoxy) is 1. The highest BCUT2D eigenvalue weighted by Gasteiger charge is 2.26. The number of nitrogens with zero attached hydrogens (tertiary/aromatic N) is 2. The van der Waals surface area contributed by atoms with E-state index in [1.165, 1.54) is 0 Å². The van der Waals surface area contributed by atoms with Gasteiger partial charge < -0.3 is 24.3 Å². The van der Waals surface area contributed by atoms with Crippen LogP contribution >= 0.6 is 11.8 Å². The van der Waals surface area contributed by atoms with Crippen molar-refractivity contribution in [2.45, 2.75) is 16.9 Å². The fraction of sp³-hybridized carbons (Fsp3) is 0.400. The van der Waals surface area contributed by atoms with Crippen molar-refractivity contribution in [3.05, 3.63) is 18.2 Å². The van der Waals surface area contributed by atoms with Crippen LogP contribution in [0.5, 0.6) is 0 Å². The van der Waals surface area contributed by atoms with E-state index in [-0.39, 0.29) is 5.22 Å². The van der Waals surface area contributed by atoms with E-state index in [1.807, 2.05) is 12.1 Å². The van der Waals surface area contributed by atoms with Crippen LogP contribution in [-0.4, -0.2) is 58.7 Å². The zero-order valence-corrected chi connectivity index (χ0v) is 13.5. The van der Waals surface area contributed by atoms with Gasteiger partial charge >= 0.3 is 11.9 Å². The second-order valence-corrected chi connectivity index (χ2v) is 6.40. The van der Waals surface area contributed by atoms with Crippen LogP contribution in [0.2, 0.25) is 0 Å². The third-order valence-corrected chi connectivity index (χ3v) is 4.64. The fourth-order valence-corrected chi connectivity index (χ4v) is 3.34. The average molecular weight is 352 g/mol. The molecule has 0 spiro atoms. The number of thioether (sulfide) groups is 1. The molecule has 0 radical (unpaired) electrons. The third kappa shape index (κ3) is 3.62. The molecule has 0 amide bonds. The number of aromatic nitrogens is 1. The van der Waals surface area contributed by atoms with Crippen molar-refractivity contribution in [2.75, 3.05) is 31.2 Å². The van der Waals surface area contributed by atoms with Gasteiger partial charge in [0, 0.05) is 13.1 Å². The van der Waals surface area contributed by atoms with E-state index in [2.05, 4.69) is 9.88 Å². The van der Waals surface area contributed by atoms with Gasteiger partial charge in [-0.25, -0.2) is 4.98 Å². The van der Waals surface area contributed by atoms with Gasteiger partial charge in [0.1, 0.15) is 10.8 Å². The molecule has 2 heterocycles. The highest BCUT2D eigenvalue weighted by atomic mass is 32.2. The first-order chi connectivity index (χ1) is 11.5. The Morgan fingerprint density at radius 1 is 1.29 bits per heavy atom. The highest BCUT2D eigenvalue weighted by molar-refractivity contribution is 8.00. The van der Waals surface area contributed by atoms with Crippen LogP contribution in [0.3, 0.4) is 0 Å². The number of carboxylic acids is 2. The summed E-state index contributed by atoms with van der Waals surface area (Å²) in [6.45, 7) is 2.75. The molecule has 1 unspecified atom stereocenters. The molecule has 0 bridgehead atoms. The molecule has 0 aliphatic carbocycles. The Labute approximate surface area is 141 Å². The second-order valence-electron chi connectivity index (χ2n) is 5.25. The van der Waals surface area contributed by atoms with E-state index in [4.69, 9.17) is 19.4 Å². The summed E-state index contributed by atoms with van der Waals surface area (Å²) in [4.78, 5) is 28.5. The number of hydrogen-bond acceptors (Lipinski definition) is 7. The van der Waals surface area contributed by atoms with Crippen LogP contribution in [0.15, 0.2) is 27.8 Å². The highest BCUT2D eigenvalue weighted by Crippen LogP contribution is 2.33. The van der Waals surface area contributed by atoms with Gasteiger partial charge in [0.05, 0.1) is 25.3 Å². The summed E-state index contributed by atoms with van der Waals surface area (Å²) < 4.78 is 10.9. The summed E-state index contributed by atoms with van der Waals surface area (Å²) in [5.74, 6) is -2.39. The van der Waals surface area contributed by atoms with Crippen molar-refractivity contribution >= 4 is 40.5 Å². The Morgan fingerprint density at radius 2 is 2.04 bits per heavy atom. The van der Waals surface area contributed by atoms with Gasteiger partial charge in [0.2, 0.25) is 0 Å². The topological polar surface area (TPSA) is 113 Å². The number of rotatable bonds is 6. The number of carboxylic acid groups (broad SMARTS) is 2. The van der Waals surface area contributed by atoms with Gasteiger partial charge in [-0.15, -0.1) is 0 Å². The second kappa shape index (κ2) is 7.10. The van der Waals surface area contributed by atoms with Crippen molar-refractivity contribution in [1.29, 1.82) is 0 Å². The minimum absolute atomic E-state index is 0.152. The summed E-state index contributed by atoms with van der Waals surface area (Å²) in [5.41, 5.74) is 2.08. The van der Waals surface area contributed by atoms with E-state index >= 15 is 0 Å². The van der Waals surface area contributed by atoms with Gasteiger partial charge in [0.15, 0.2) is 5.58 Å². The summed E-state index contributed by atoms with van der Waals surface area (Å²) in [6, 6.07) is 5.53. The summed E-state index contributed by atoms with van der Waals surface area (Å²) in [5, 5.41) is 17.0. The van der Waals surface area contributed by atoms with Crippen molar-refractivity contribution in [1.82, 2.24) is 4.98 Å². The van der Waals surface area contributed by atoms with E-state index in [0.29, 0.717) is 24.3 Å². The zero-order valence-electron chi connectivity index (χ0n) is 12.7. The first kappa shape index (κ1) is 16.6. The maximum atomic E-state index is 11.2. The molecule has 8 nitrogen and oxygen atoms in total. The molecule has 1 saturated heterocycles. The van der Waals surface area contributed by atoms with Crippen LogP contribution < -0.4 is 4.90 Å². The lowest BCUT2D eigenvalue weighted by molar-refractivity contribution is -0.142. The normalized spacial score (nSPS) is 16.2. The minimum Gasteiger partial charge on any atom is -0.481 e. The van der Waals surface area contributed by atoms with Crippen molar-refractivity contribution in [3.8, 4) is 0 Å². The van der Waals surface area contributed by atoms with Gasteiger partial charge in [-0.05, 0) is 12.1 Å². The number of benzene rings is 1. The largest absolute Gasteiger partial charge is 0.481 e. The van der Waals surface area contributed by atoms with Gasteiger partial charge in [-0.2, -0.15) is 0 Å². The number of oxazole rings is 1. The van der Waals surface area contributed by atoms with E-state index in [0.717, 1.165) is 30.5 Å². The molecular formula is C15H16N2O6S. The molecule has 128 valence electrons. The number of anilines is 1. The number of aliphatic carboxylic acids is 2. The van der Waals surface area contributed by atoms with Gasteiger partial charge in [-0.1, -0.05) is 17.8 Å². The zero-order chi connectivity index (χ0) is 17.1. The lowest BCUT2D eigenvalue weighted by Crippen LogP contribution is -2.36. The maximum Gasteiger partial charge on any atom is 0.317 e. The van der Waals surface area contributed by atoms with Crippen molar-refractivity contribution in [3.63, 3.8) is 0 Å².